The average Bonchev–Trinajstić information content (AvgIpc) is 3.24. The molecular weight excluding hydrogens is 577 g/mol. The maximum atomic E-state index is 12.9. The third-order valence-corrected chi connectivity index (χ3v) is 9.62. The highest BCUT2D eigenvalue weighted by molar-refractivity contribution is 7.53. The second-order valence-electron chi connectivity index (χ2n) is 10.6. The highest BCUT2D eigenvalue weighted by atomic mass is 35.5. The van der Waals surface area contributed by atoms with Crippen LogP contribution in [-0.2, 0) is 13.6 Å². The molecule has 3 heterocycles. The summed E-state index contributed by atoms with van der Waals surface area (Å²) in [7, 11) is 2.66. The number of hydrogen-bond acceptors (Lipinski definition) is 9. The van der Waals surface area contributed by atoms with E-state index in [0.717, 1.165) is 68.2 Å². The molecule has 12 heteroatoms. The van der Waals surface area contributed by atoms with E-state index in [0.29, 0.717) is 49.0 Å². The highest BCUT2D eigenvalue weighted by Crippen LogP contribution is 2.47. The fourth-order valence-electron chi connectivity index (χ4n) is 5.15. The molecule has 0 radical (unpaired) electrons. The molecule has 3 aromatic rings. The first-order valence-corrected chi connectivity index (χ1v) is 16.9. The summed E-state index contributed by atoms with van der Waals surface area (Å²) >= 11 is 6.52. The molecule has 0 spiro atoms. The molecule has 2 aromatic heterocycles. The first kappa shape index (κ1) is 32.6. The third-order valence-electron chi connectivity index (χ3n) is 7.28. The fourth-order valence-corrected chi connectivity index (χ4v) is 7.04. The van der Waals surface area contributed by atoms with Crippen molar-refractivity contribution >= 4 is 30.5 Å². The zero-order chi connectivity index (χ0) is 30.1. The molecule has 232 valence electrons. The lowest BCUT2D eigenvalue weighted by molar-refractivity contribution is 0.213. The SMILES string of the molecule is CCOP(=O)(CCN1CCCN(c2ccn3cc(-c4cc(Cl)c(OC)cc4OCCCN(C)C)nc3c2)CC1)OCC. The van der Waals surface area contributed by atoms with Crippen molar-refractivity contribution < 1.29 is 23.1 Å². The number of aromatic nitrogens is 2. The van der Waals surface area contributed by atoms with Crippen molar-refractivity contribution in [2.75, 3.05) is 91.4 Å². The van der Waals surface area contributed by atoms with Crippen LogP contribution in [0.5, 0.6) is 11.5 Å². The second-order valence-corrected chi connectivity index (χ2v) is 13.2. The Morgan fingerprint density at radius 3 is 2.55 bits per heavy atom. The number of methoxy groups -OCH3 is 1. The number of anilines is 1. The summed E-state index contributed by atoms with van der Waals surface area (Å²) in [5, 5.41) is 0.513. The summed E-state index contributed by atoms with van der Waals surface area (Å²) in [6.45, 7) is 10.3. The molecule has 0 unspecified atom stereocenters. The lowest BCUT2D eigenvalue weighted by Gasteiger charge is -2.25. The predicted octanol–water partition coefficient (Wildman–Crippen LogP) is 5.77. The van der Waals surface area contributed by atoms with E-state index in [1.165, 1.54) is 0 Å². The molecule has 1 aromatic carbocycles. The standard InChI is InChI=1S/C30H45ClN5O5P/c1-6-40-42(37,41-7-2)19-17-34-12-8-13-35(16-15-34)24-10-14-36-23-27(32-30(36)20-24)25-21-26(31)29(38-5)22-28(25)39-18-9-11-33(3)4/h10,14,20-23H,6-9,11-13,15-19H2,1-5H3. The molecule has 0 bridgehead atoms. The minimum atomic E-state index is -3.04. The van der Waals surface area contributed by atoms with Gasteiger partial charge in [0.1, 0.15) is 17.1 Å². The van der Waals surface area contributed by atoms with Gasteiger partial charge >= 0.3 is 7.60 Å². The molecule has 0 aliphatic carbocycles. The van der Waals surface area contributed by atoms with Crippen molar-refractivity contribution in [1.82, 2.24) is 19.2 Å². The van der Waals surface area contributed by atoms with Gasteiger partial charge in [-0.15, -0.1) is 0 Å². The predicted molar refractivity (Wildman–Crippen MR) is 170 cm³/mol. The maximum absolute atomic E-state index is 12.9. The molecule has 1 saturated heterocycles. The van der Waals surface area contributed by atoms with Gasteiger partial charge in [-0.25, -0.2) is 4.98 Å². The molecule has 0 atom stereocenters. The maximum Gasteiger partial charge on any atom is 0.331 e. The summed E-state index contributed by atoms with van der Waals surface area (Å²) in [5.74, 6) is 1.27. The Hall–Kier alpha value is -2.33. The number of nitrogens with zero attached hydrogens (tertiary/aromatic N) is 5. The van der Waals surface area contributed by atoms with Crippen molar-refractivity contribution in [3.63, 3.8) is 0 Å². The molecule has 1 aliphatic heterocycles. The Morgan fingerprint density at radius 2 is 1.83 bits per heavy atom. The van der Waals surface area contributed by atoms with Crippen LogP contribution in [0, 0.1) is 0 Å². The largest absolute Gasteiger partial charge is 0.495 e. The minimum Gasteiger partial charge on any atom is -0.495 e. The first-order chi connectivity index (χ1) is 20.2. The molecule has 10 nitrogen and oxygen atoms in total. The van der Waals surface area contributed by atoms with Crippen molar-refractivity contribution in [3.8, 4) is 22.8 Å². The number of fused-ring (bicyclic) bond motifs is 1. The topological polar surface area (TPSA) is 81.0 Å². The van der Waals surface area contributed by atoms with Gasteiger partial charge in [-0.05, 0) is 59.5 Å². The van der Waals surface area contributed by atoms with Crippen LogP contribution in [0.4, 0.5) is 5.69 Å². The van der Waals surface area contributed by atoms with Gasteiger partial charge in [-0.3, -0.25) is 4.57 Å². The van der Waals surface area contributed by atoms with E-state index in [-0.39, 0.29) is 0 Å². The lowest BCUT2D eigenvalue weighted by atomic mass is 10.1. The van der Waals surface area contributed by atoms with Crippen LogP contribution < -0.4 is 14.4 Å². The fraction of sp³-hybridized carbons (Fsp3) is 0.567. The van der Waals surface area contributed by atoms with Crippen LogP contribution in [0.25, 0.3) is 16.9 Å². The summed E-state index contributed by atoms with van der Waals surface area (Å²) in [4.78, 5) is 11.8. The van der Waals surface area contributed by atoms with E-state index >= 15 is 0 Å². The van der Waals surface area contributed by atoms with E-state index in [2.05, 4.69) is 40.9 Å². The van der Waals surface area contributed by atoms with Crippen LogP contribution in [-0.4, -0.2) is 106 Å². The zero-order valence-electron chi connectivity index (χ0n) is 25.6. The van der Waals surface area contributed by atoms with Crippen LogP contribution in [0.2, 0.25) is 5.02 Å². The van der Waals surface area contributed by atoms with E-state index in [1.807, 2.05) is 42.8 Å². The molecule has 0 N–H and O–H groups in total. The van der Waals surface area contributed by atoms with Crippen molar-refractivity contribution in [2.45, 2.75) is 26.7 Å². The van der Waals surface area contributed by atoms with Crippen molar-refractivity contribution in [2.24, 2.45) is 0 Å². The minimum absolute atomic E-state index is 0.389. The van der Waals surface area contributed by atoms with E-state index in [4.69, 9.17) is 35.1 Å². The molecule has 42 heavy (non-hydrogen) atoms. The zero-order valence-corrected chi connectivity index (χ0v) is 27.2. The van der Waals surface area contributed by atoms with Crippen LogP contribution >= 0.6 is 19.2 Å². The number of pyridine rings is 1. The molecule has 1 aliphatic rings. The van der Waals surface area contributed by atoms with Gasteiger partial charge in [-0.2, -0.15) is 0 Å². The Kier molecular flexibility index (Phi) is 12.0. The normalized spacial score (nSPS) is 15.0. The summed E-state index contributed by atoms with van der Waals surface area (Å²) in [6, 6.07) is 7.96. The second kappa shape index (κ2) is 15.4. The lowest BCUT2D eigenvalue weighted by Crippen LogP contribution is -2.32. The van der Waals surface area contributed by atoms with Gasteiger partial charge in [0.15, 0.2) is 0 Å². The van der Waals surface area contributed by atoms with E-state index in [9.17, 15) is 4.57 Å². The van der Waals surface area contributed by atoms with Crippen LogP contribution in [0.15, 0.2) is 36.7 Å². The smallest absolute Gasteiger partial charge is 0.331 e. The Balaban J connectivity index is 1.47. The van der Waals surface area contributed by atoms with Gasteiger partial charge in [0, 0.05) is 68.5 Å². The molecule has 1 fully saturated rings. The Bertz CT molecular complexity index is 1340. The highest BCUT2D eigenvalue weighted by Gasteiger charge is 2.25. The third kappa shape index (κ3) is 8.62. The van der Waals surface area contributed by atoms with Crippen LogP contribution in [0.1, 0.15) is 26.7 Å². The van der Waals surface area contributed by atoms with Crippen LogP contribution in [0.3, 0.4) is 0 Å². The van der Waals surface area contributed by atoms with Gasteiger partial charge in [-0.1, -0.05) is 11.6 Å². The quantitative estimate of drug-likeness (QED) is 0.155. The van der Waals surface area contributed by atoms with E-state index < -0.39 is 7.60 Å². The number of benzene rings is 1. The van der Waals surface area contributed by atoms with Gasteiger partial charge in [0.2, 0.25) is 0 Å². The Labute approximate surface area is 255 Å². The molecular formula is C30H45ClN5O5P. The number of hydrogen-bond donors (Lipinski definition) is 0. The Morgan fingerprint density at radius 1 is 1.05 bits per heavy atom. The number of rotatable bonds is 15. The average molecular weight is 622 g/mol. The summed E-state index contributed by atoms with van der Waals surface area (Å²) in [5.41, 5.74) is 3.60. The summed E-state index contributed by atoms with van der Waals surface area (Å²) < 4.78 is 37.5. The van der Waals surface area contributed by atoms with Gasteiger partial charge in [0.05, 0.1) is 43.8 Å². The first-order valence-electron chi connectivity index (χ1n) is 14.7. The van der Waals surface area contributed by atoms with E-state index in [1.54, 1.807) is 7.11 Å². The monoisotopic (exact) mass is 621 g/mol. The van der Waals surface area contributed by atoms with Crippen molar-refractivity contribution in [1.29, 1.82) is 0 Å². The number of halogens is 1. The molecule has 0 saturated carbocycles. The molecule has 4 rings (SSSR count). The van der Waals surface area contributed by atoms with Gasteiger partial charge in [0.25, 0.3) is 0 Å². The number of ether oxygens (including phenoxy) is 2. The summed E-state index contributed by atoms with van der Waals surface area (Å²) in [6.07, 6.45) is 6.37. The number of imidazole rings is 1. The van der Waals surface area contributed by atoms with Crippen molar-refractivity contribution in [3.05, 3.63) is 41.7 Å². The van der Waals surface area contributed by atoms with Gasteiger partial charge < -0.3 is 37.6 Å². The molecule has 0 amide bonds.